The molecule has 0 fully saturated rings. The second-order valence-electron chi connectivity index (χ2n) is 0.126. The van der Waals surface area contributed by atoms with Crippen LogP contribution in [-0.4, -0.2) is 0 Å². The van der Waals surface area contributed by atoms with Crippen molar-refractivity contribution in [2.24, 2.45) is 0 Å². The van der Waals surface area contributed by atoms with Gasteiger partial charge >= 0.3 is 59.1 Å². The Bertz CT molecular complexity index is 18.0. The second-order valence-corrected chi connectivity index (χ2v) is 0.378. The van der Waals surface area contributed by atoms with E-state index in [1.54, 1.807) is 0 Å². The fourth-order valence-electron chi connectivity index (χ4n) is 0. The topological polar surface area (TPSA) is 18.5 Å². The van der Waals surface area contributed by atoms with Gasteiger partial charge in [0.05, 0.1) is 0 Å². The zero-order chi connectivity index (χ0) is 3.41. The first-order chi connectivity index (χ1) is 1.91. The van der Waals surface area contributed by atoms with Crippen LogP contribution >= 0.6 is 23.7 Å². The van der Waals surface area contributed by atoms with E-state index in [1.165, 1.54) is 0 Å². The first-order valence-electron chi connectivity index (χ1n) is 0.475. The Balaban J connectivity index is -0.00000000750. The molecular weight excluding hydrogens is 149 g/mol. The third-order valence-corrected chi connectivity index (χ3v) is 0.214. The minimum Gasteiger partial charge on any atom is -1.00 e. The molecule has 0 rings (SSSR count). The van der Waals surface area contributed by atoms with Crippen LogP contribution in [-0.2, 0) is 8.88 Å². The van der Waals surface area contributed by atoms with E-state index in [4.69, 9.17) is 0 Å². The Morgan fingerprint density at radius 2 is 1.17 bits per heavy atom. The van der Waals surface area contributed by atoms with Crippen LogP contribution in [0.1, 0.15) is 2.85 Å². The summed E-state index contributed by atoms with van der Waals surface area (Å²) in [6.45, 7) is 0. The van der Waals surface area contributed by atoms with E-state index in [0.29, 0.717) is 0 Å². The van der Waals surface area contributed by atoms with Crippen LogP contribution in [0.25, 0.3) is 0 Å². The van der Waals surface area contributed by atoms with Crippen LogP contribution in [0.5, 0.6) is 0 Å². The standard InChI is InChI=1S/Cl2O2.2Na.2H/c1-3-4-2;;;;/q;2*+1;2*-1. The predicted octanol–water partition coefficient (Wildman–Crippen LogP) is -4.52. The van der Waals surface area contributed by atoms with Crippen molar-refractivity contribution in [1.82, 2.24) is 0 Å². The van der Waals surface area contributed by atoms with Crippen LogP contribution in [0.3, 0.4) is 0 Å². The maximum atomic E-state index is 4.33. The normalized spacial score (nSPS) is 5.00. The molecule has 6 heavy (non-hydrogen) atoms. The van der Waals surface area contributed by atoms with E-state index in [9.17, 15) is 0 Å². The van der Waals surface area contributed by atoms with E-state index in [-0.39, 0.29) is 62.0 Å². The summed E-state index contributed by atoms with van der Waals surface area (Å²) in [6.07, 6.45) is 0. The summed E-state index contributed by atoms with van der Waals surface area (Å²) >= 11 is 8.66. The average molecular weight is 151 g/mol. The summed E-state index contributed by atoms with van der Waals surface area (Å²) in [4.78, 5) is 0. The van der Waals surface area contributed by atoms with Crippen molar-refractivity contribution in [3.63, 3.8) is 0 Å². The molecule has 0 aromatic heterocycles. The first-order valence-corrected chi connectivity index (χ1v) is 1.09. The molecule has 2 nitrogen and oxygen atoms in total. The summed E-state index contributed by atoms with van der Waals surface area (Å²) in [7, 11) is 0. The Labute approximate surface area is 93.3 Å². The second kappa shape index (κ2) is 15.6. The molecule has 0 saturated carbocycles. The predicted molar refractivity (Wildman–Crippen MR) is 16.1 cm³/mol. The smallest absolute Gasteiger partial charge is 1.00 e. The van der Waals surface area contributed by atoms with Gasteiger partial charge in [-0.05, 0) is 0 Å². The molecule has 0 aliphatic carbocycles. The van der Waals surface area contributed by atoms with Crippen LogP contribution in [0.4, 0.5) is 0 Å². The molecular formula is H2Cl2Na2O2. The maximum absolute atomic E-state index is 4.33. The zero-order valence-electron chi connectivity index (χ0n) is 5.57. The summed E-state index contributed by atoms with van der Waals surface area (Å²) in [5.41, 5.74) is 0. The molecule has 30 valence electrons. The van der Waals surface area contributed by atoms with Gasteiger partial charge in [0.1, 0.15) is 23.7 Å². The van der Waals surface area contributed by atoms with E-state index < -0.39 is 0 Å². The zero-order valence-corrected chi connectivity index (χ0v) is 9.08. The van der Waals surface area contributed by atoms with Crippen molar-refractivity contribution in [2.75, 3.05) is 0 Å². The largest absolute Gasteiger partial charge is 1.00 e. The van der Waals surface area contributed by atoms with Crippen LogP contribution in [0.2, 0.25) is 0 Å². The number of hydrogen-bond donors (Lipinski definition) is 0. The molecule has 0 heterocycles. The van der Waals surface area contributed by atoms with Crippen molar-refractivity contribution in [3.8, 4) is 0 Å². The van der Waals surface area contributed by atoms with Gasteiger partial charge in [-0.1, -0.05) is 0 Å². The minimum absolute atomic E-state index is 0. The van der Waals surface area contributed by atoms with Gasteiger partial charge in [0.2, 0.25) is 0 Å². The first kappa shape index (κ1) is 15.8. The van der Waals surface area contributed by atoms with Gasteiger partial charge in [0.15, 0.2) is 0 Å². The van der Waals surface area contributed by atoms with Crippen LogP contribution in [0.15, 0.2) is 0 Å². The molecule has 0 bridgehead atoms. The quantitative estimate of drug-likeness (QED) is 0.213. The number of rotatable bonds is 1. The molecule has 0 aromatic rings. The number of hydrogen-bond acceptors (Lipinski definition) is 2. The van der Waals surface area contributed by atoms with Crippen molar-refractivity contribution in [1.29, 1.82) is 0 Å². The molecule has 0 unspecified atom stereocenters. The summed E-state index contributed by atoms with van der Waals surface area (Å²) in [6, 6.07) is 0. The third-order valence-electron chi connectivity index (χ3n) is 0.0238. The molecule has 0 amide bonds. The van der Waals surface area contributed by atoms with Gasteiger partial charge in [-0.2, -0.15) is 0 Å². The molecule has 6 heteroatoms. The van der Waals surface area contributed by atoms with E-state index in [0.717, 1.165) is 0 Å². The van der Waals surface area contributed by atoms with Gasteiger partial charge in [-0.3, -0.25) is 0 Å². The SMILES string of the molecule is ClOOCl.[H-].[H-].[Na+].[Na+]. The fourth-order valence-corrected chi connectivity index (χ4v) is 0. The average Bonchev–Trinajstić information content (AvgIpc) is 1.37. The van der Waals surface area contributed by atoms with Gasteiger partial charge in [-0.25, -0.2) is 0 Å². The summed E-state index contributed by atoms with van der Waals surface area (Å²) in [5, 5.41) is 0. The molecule has 0 aromatic carbocycles. The molecule has 0 aliphatic rings. The van der Waals surface area contributed by atoms with Gasteiger partial charge in [-0.15, -0.1) is 8.88 Å². The number of halogens is 2. The van der Waals surface area contributed by atoms with E-state index in [2.05, 4.69) is 32.6 Å². The molecule has 0 spiro atoms. The van der Waals surface area contributed by atoms with Gasteiger partial charge < -0.3 is 2.85 Å². The van der Waals surface area contributed by atoms with Crippen molar-refractivity contribution < 1.29 is 70.8 Å². The Hall–Kier alpha value is 2.50. The molecule has 0 saturated heterocycles. The van der Waals surface area contributed by atoms with Crippen molar-refractivity contribution in [3.05, 3.63) is 0 Å². The van der Waals surface area contributed by atoms with Crippen LogP contribution in [0, 0.1) is 0 Å². The van der Waals surface area contributed by atoms with Crippen molar-refractivity contribution in [2.45, 2.75) is 0 Å². The summed E-state index contributed by atoms with van der Waals surface area (Å²) < 4.78 is 6.56. The van der Waals surface area contributed by atoms with Gasteiger partial charge in [0.25, 0.3) is 0 Å². The Kier molecular flexibility index (Phi) is 41.2. The van der Waals surface area contributed by atoms with E-state index >= 15 is 0 Å². The molecule has 0 radical (unpaired) electrons. The summed E-state index contributed by atoms with van der Waals surface area (Å²) in [5.74, 6) is 0. The Morgan fingerprint density at radius 3 is 1.17 bits per heavy atom. The van der Waals surface area contributed by atoms with Crippen LogP contribution < -0.4 is 59.1 Å². The molecule has 0 N–H and O–H groups in total. The molecule has 0 atom stereocenters. The maximum Gasteiger partial charge on any atom is 1.00 e. The monoisotopic (exact) mass is 150 g/mol. The molecule has 0 aliphatic heterocycles. The third kappa shape index (κ3) is 16.1. The Morgan fingerprint density at radius 1 is 1.00 bits per heavy atom. The van der Waals surface area contributed by atoms with E-state index in [1.807, 2.05) is 0 Å². The van der Waals surface area contributed by atoms with Crippen molar-refractivity contribution >= 4 is 23.7 Å². The minimum atomic E-state index is 0. The van der Waals surface area contributed by atoms with Gasteiger partial charge in [0, 0.05) is 0 Å². The fraction of sp³-hybridized carbons (Fsp3) is 0.